The molecule has 0 spiro atoms. The number of benzene rings is 2. The molecule has 32 heavy (non-hydrogen) atoms. The average Bonchev–Trinajstić information content (AvgIpc) is 2.70. The van der Waals surface area contributed by atoms with Crippen LogP contribution in [0.3, 0.4) is 0 Å². The Labute approximate surface area is 204 Å². The Morgan fingerprint density at radius 1 is 1.19 bits per heavy atom. The molecule has 168 valence electrons. The van der Waals surface area contributed by atoms with E-state index in [4.69, 9.17) is 21.1 Å². The number of ether oxygens (including phenoxy) is 2. The number of rotatable bonds is 6. The summed E-state index contributed by atoms with van der Waals surface area (Å²) < 4.78 is 12.3. The monoisotopic (exact) mass is 568 g/mol. The van der Waals surface area contributed by atoms with E-state index in [0.29, 0.717) is 28.7 Å². The van der Waals surface area contributed by atoms with Gasteiger partial charge in [0.15, 0.2) is 11.5 Å². The van der Waals surface area contributed by atoms with Crippen molar-refractivity contribution in [3.63, 3.8) is 0 Å². The van der Waals surface area contributed by atoms with Gasteiger partial charge >= 0.3 is 6.03 Å². The largest absolute Gasteiger partial charge is 0.490 e. The van der Waals surface area contributed by atoms with Gasteiger partial charge in [0.25, 0.3) is 11.8 Å². The summed E-state index contributed by atoms with van der Waals surface area (Å²) in [5.41, 5.74) is 1.45. The maximum atomic E-state index is 13.1. The SMILES string of the molecule is CCOc1cc(/C=C2\C(=O)NC(=O)N(c3ccc(C)c(Cl)c3)C2=O)cc(I)c1OC(C)C. The number of halogens is 2. The number of hydrogen-bond donors (Lipinski definition) is 1. The van der Waals surface area contributed by atoms with Crippen molar-refractivity contribution in [1.29, 1.82) is 0 Å². The highest BCUT2D eigenvalue weighted by atomic mass is 127. The van der Waals surface area contributed by atoms with Gasteiger partial charge in [-0.25, -0.2) is 9.69 Å². The quantitative estimate of drug-likeness (QED) is 0.298. The number of carbonyl (C=O) groups excluding carboxylic acids is 3. The normalized spacial score (nSPS) is 15.4. The van der Waals surface area contributed by atoms with Crippen molar-refractivity contribution in [3.05, 3.63) is 55.6 Å². The van der Waals surface area contributed by atoms with Crippen molar-refractivity contribution in [1.82, 2.24) is 5.32 Å². The Hall–Kier alpha value is -2.59. The molecule has 0 bridgehead atoms. The topological polar surface area (TPSA) is 84.9 Å². The van der Waals surface area contributed by atoms with Crippen LogP contribution < -0.4 is 19.7 Å². The lowest BCUT2D eigenvalue weighted by Crippen LogP contribution is -2.54. The second-order valence-corrected chi connectivity index (χ2v) is 8.89. The van der Waals surface area contributed by atoms with Crippen LogP contribution in [-0.4, -0.2) is 30.6 Å². The number of hydrogen-bond acceptors (Lipinski definition) is 5. The molecule has 7 nitrogen and oxygen atoms in total. The first-order chi connectivity index (χ1) is 15.1. The van der Waals surface area contributed by atoms with Gasteiger partial charge in [-0.15, -0.1) is 0 Å². The van der Waals surface area contributed by atoms with Crippen LogP contribution in [0.2, 0.25) is 5.02 Å². The average molecular weight is 569 g/mol. The number of urea groups is 1. The van der Waals surface area contributed by atoms with E-state index in [2.05, 4.69) is 27.9 Å². The Bertz CT molecular complexity index is 1130. The molecule has 2 aromatic rings. The van der Waals surface area contributed by atoms with Crippen LogP contribution in [0.4, 0.5) is 10.5 Å². The maximum Gasteiger partial charge on any atom is 0.335 e. The Morgan fingerprint density at radius 2 is 1.91 bits per heavy atom. The van der Waals surface area contributed by atoms with Crippen molar-refractivity contribution < 1.29 is 23.9 Å². The summed E-state index contributed by atoms with van der Waals surface area (Å²) in [5.74, 6) is -0.420. The lowest BCUT2D eigenvalue weighted by Gasteiger charge is -2.26. The molecule has 9 heteroatoms. The van der Waals surface area contributed by atoms with Crippen molar-refractivity contribution >= 4 is 63.8 Å². The number of anilines is 1. The van der Waals surface area contributed by atoms with Crippen LogP contribution in [0.5, 0.6) is 11.5 Å². The minimum Gasteiger partial charge on any atom is -0.490 e. The van der Waals surface area contributed by atoms with Crippen molar-refractivity contribution in [2.75, 3.05) is 11.5 Å². The summed E-state index contributed by atoms with van der Waals surface area (Å²) in [5, 5.41) is 2.62. The molecular formula is C23H22ClIN2O5. The highest BCUT2D eigenvalue weighted by molar-refractivity contribution is 14.1. The third kappa shape index (κ3) is 5.07. The van der Waals surface area contributed by atoms with Crippen molar-refractivity contribution in [3.8, 4) is 11.5 Å². The van der Waals surface area contributed by atoms with Crippen LogP contribution in [-0.2, 0) is 9.59 Å². The first kappa shape index (κ1) is 24.1. The molecule has 1 heterocycles. The molecule has 3 rings (SSSR count). The molecule has 1 saturated heterocycles. The number of carbonyl (C=O) groups is 3. The molecule has 1 fully saturated rings. The summed E-state index contributed by atoms with van der Waals surface area (Å²) >= 11 is 8.27. The first-order valence-electron chi connectivity index (χ1n) is 9.93. The zero-order valence-corrected chi connectivity index (χ0v) is 20.9. The fraction of sp³-hybridized carbons (Fsp3) is 0.261. The fourth-order valence-electron chi connectivity index (χ4n) is 3.06. The lowest BCUT2D eigenvalue weighted by atomic mass is 10.1. The smallest absolute Gasteiger partial charge is 0.335 e. The second kappa shape index (κ2) is 9.91. The van der Waals surface area contributed by atoms with Gasteiger partial charge < -0.3 is 9.47 Å². The summed E-state index contributed by atoms with van der Waals surface area (Å²) in [6, 6.07) is 7.44. The zero-order valence-electron chi connectivity index (χ0n) is 18.0. The minimum absolute atomic E-state index is 0.0569. The van der Waals surface area contributed by atoms with Gasteiger partial charge in [-0.3, -0.25) is 14.9 Å². The third-order valence-corrected chi connectivity index (χ3v) is 5.72. The number of imide groups is 2. The van der Waals surface area contributed by atoms with Gasteiger partial charge in [-0.2, -0.15) is 0 Å². The predicted octanol–water partition coefficient (Wildman–Crippen LogP) is 5.11. The van der Waals surface area contributed by atoms with E-state index in [1.165, 1.54) is 12.1 Å². The van der Waals surface area contributed by atoms with Crippen LogP contribution in [0.25, 0.3) is 6.08 Å². The molecule has 0 aliphatic carbocycles. The standard InChI is InChI=1S/C23H22ClIN2O5/c1-5-31-19-10-14(9-18(25)20(19)32-12(2)3)8-16-21(28)26-23(30)27(22(16)29)15-7-6-13(4)17(24)11-15/h6-12H,5H2,1-4H3,(H,26,28,30)/b16-8+. The lowest BCUT2D eigenvalue weighted by molar-refractivity contribution is -0.122. The summed E-state index contributed by atoms with van der Waals surface area (Å²) in [6.07, 6.45) is 1.37. The molecule has 2 aromatic carbocycles. The molecule has 0 aromatic heterocycles. The molecule has 1 aliphatic heterocycles. The molecule has 0 saturated carbocycles. The Kier molecular flexibility index (Phi) is 7.45. The Morgan fingerprint density at radius 3 is 2.53 bits per heavy atom. The van der Waals surface area contributed by atoms with Crippen molar-refractivity contribution in [2.24, 2.45) is 0 Å². The van der Waals surface area contributed by atoms with Gasteiger partial charge in [-0.1, -0.05) is 17.7 Å². The molecule has 1 N–H and O–H groups in total. The first-order valence-corrected chi connectivity index (χ1v) is 11.4. The maximum absolute atomic E-state index is 13.1. The highest BCUT2D eigenvalue weighted by Crippen LogP contribution is 2.36. The minimum atomic E-state index is -0.831. The summed E-state index contributed by atoms with van der Waals surface area (Å²) in [4.78, 5) is 38.9. The third-order valence-electron chi connectivity index (χ3n) is 4.51. The molecule has 0 atom stereocenters. The van der Waals surface area contributed by atoms with Crippen LogP contribution >= 0.6 is 34.2 Å². The van der Waals surface area contributed by atoms with E-state index in [1.807, 2.05) is 27.7 Å². The molecule has 0 radical (unpaired) electrons. The van der Waals surface area contributed by atoms with E-state index >= 15 is 0 Å². The van der Waals surface area contributed by atoms with E-state index in [1.54, 1.807) is 24.3 Å². The molecular weight excluding hydrogens is 547 g/mol. The number of nitrogens with zero attached hydrogens (tertiary/aromatic N) is 1. The van der Waals surface area contributed by atoms with Gasteiger partial charge in [0.2, 0.25) is 0 Å². The summed E-state index contributed by atoms with van der Waals surface area (Å²) in [6.45, 7) is 7.90. The van der Waals surface area contributed by atoms with Gasteiger partial charge in [0.1, 0.15) is 5.57 Å². The number of amides is 4. The van der Waals surface area contributed by atoms with Gasteiger partial charge in [0.05, 0.1) is 22.0 Å². The zero-order chi connectivity index (χ0) is 23.6. The fourth-order valence-corrected chi connectivity index (χ4v) is 3.99. The van der Waals surface area contributed by atoms with Crippen LogP contribution in [0.1, 0.15) is 31.9 Å². The molecule has 4 amide bonds. The molecule has 1 aliphatic rings. The van der Waals surface area contributed by atoms with Gasteiger partial charge in [0, 0.05) is 5.02 Å². The second-order valence-electron chi connectivity index (χ2n) is 7.32. The summed E-state index contributed by atoms with van der Waals surface area (Å²) in [7, 11) is 0. The number of nitrogens with one attached hydrogen (secondary N) is 1. The number of aryl methyl sites for hydroxylation is 1. The van der Waals surface area contributed by atoms with E-state index in [9.17, 15) is 14.4 Å². The van der Waals surface area contributed by atoms with E-state index < -0.39 is 17.8 Å². The van der Waals surface area contributed by atoms with Gasteiger partial charge in [-0.05, 0) is 91.8 Å². The molecule has 0 unspecified atom stereocenters. The van der Waals surface area contributed by atoms with E-state index in [-0.39, 0.29) is 17.4 Å². The van der Waals surface area contributed by atoms with E-state index in [0.717, 1.165) is 14.0 Å². The Balaban J connectivity index is 2.04. The number of barbiturate groups is 1. The predicted molar refractivity (Wildman–Crippen MR) is 131 cm³/mol. The van der Waals surface area contributed by atoms with Crippen molar-refractivity contribution in [2.45, 2.75) is 33.8 Å². The van der Waals surface area contributed by atoms with Crippen LogP contribution in [0.15, 0.2) is 35.9 Å². The highest BCUT2D eigenvalue weighted by Gasteiger charge is 2.37. The van der Waals surface area contributed by atoms with Crippen LogP contribution in [0, 0.1) is 10.5 Å².